The monoisotopic (exact) mass is 322 g/mol. The van der Waals surface area contributed by atoms with Gasteiger partial charge in [-0.1, -0.05) is 37.3 Å². The van der Waals surface area contributed by atoms with Crippen LogP contribution in [0.3, 0.4) is 0 Å². The fourth-order valence-electron chi connectivity index (χ4n) is 3.10. The van der Waals surface area contributed by atoms with Crippen molar-refractivity contribution >= 4 is 16.7 Å². The fraction of sp³-hybridized carbons (Fsp3) is 0.353. The average Bonchev–Trinajstić information content (AvgIpc) is 2.91. The summed E-state index contributed by atoms with van der Waals surface area (Å²) in [5.74, 6) is -0.379. The first-order valence-corrected chi connectivity index (χ1v) is 7.54. The number of hydrogen-bond acceptors (Lipinski definition) is 2. The Morgan fingerprint density at radius 3 is 2.61 bits per heavy atom. The maximum Gasteiger partial charge on any atom is 0.409 e. The van der Waals surface area contributed by atoms with Gasteiger partial charge in [0, 0.05) is 13.0 Å². The van der Waals surface area contributed by atoms with Crippen molar-refractivity contribution in [2.75, 3.05) is 6.54 Å². The molecule has 1 saturated heterocycles. The third-order valence-electron chi connectivity index (χ3n) is 4.14. The van der Waals surface area contributed by atoms with E-state index in [0.29, 0.717) is 6.42 Å². The summed E-state index contributed by atoms with van der Waals surface area (Å²) in [6, 6.07) is 8.76. The Bertz CT molecular complexity index is 742. The summed E-state index contributed by atoms with van der Waals surface area (Å²) < 4.78 is 40.9. The summed E-state index contributed by atoms with van der Waals surface area (Å²) in [6.45, 7) is 1.98. The molecule has 1 aliphatic rings. The van der Waals surface area contributed by atoms with E-state index in [1.54, 1.807) is 12.1 Å². The molecule has 3 rings (SSSR count). The van der Waals surface area contributed by atoms with Crippen LogP contribution in [0.1, 0.15) is 30.5 Å². The predicted octanol–water partition coefficient (Wildman–Crippen LogP) is 3.74. The van der Waals surface area contributed by atoms with Crippen LogP contribution in [0.2, 0.25) is 0 Å². The van der Waals surface area contributed by atoms with Gasteiger partial charge in [-0.15, -0.1) is 0 Å². The van der Waals surface area contributed by atoms with Crippen LogP contribution in [0, 0.1) is 0 Å². The van der Waals surface area contributed by atoms with Crippen molar-refractivity contribution in [3.05, 3.63) is 47.5 Å². The van der Waals surface area contributed by atoms with Crippen molar-refractivity contribution < 1.29 is 18.0 Å². The predicted molar refractivity (Wildman–Crippen MR) is 81.6 cm³/mol. The van der Waals surface area contributed by atoms with Gasteiger partial charge in [-0.3, -0.25) is 10.2 Å². The Morgan fingerprint density at radius 2 is 2.00 bits per heavy atom. The number of alkyl halides is 3. The van der Waals surface area contributed by atoms with E-state index in [-0.39, 0.29) is 24.4 Å². The summed E-state index contributed by atoms with van der Waals surface area (Å²) in [6.07, 6.45) is -3.74. The van der Waals surface area contributed by atoms with Crippen LogP contribution in [0.25, 0.3) is 10.8 Å². The molecule has 1 amide bonds. The second-order valence-electron chi connectivity index (χ2n) is 5.68. The maximum atomic E-state index is 13.6. The molecule has 6 heteroatoms. The van der Waals surface area contributed by atoms with E-state index in [2.05, 4.69) is 5.43 Å². The second-order valence-corrected chi connectivity index (χ2v) is 5.68. The normalized spacial score (nSPS) is 17.5. The van der Waals surface area contributed by atoms with Crippen LogP contribution in [0.15, 0.2) is 36.4 Å². The second kappa shape index (κ2) is 5.85. The largest absolute Gasteiger partial charge is 0.409 e. The van der Waals surface area contributed by atoms with Gasteiger partial charge in [-0.05, 0) is 34.4 Å². The van der Waals surface area contributed by atoms with E-state index >= 15 is 0 Å². The minimum absolute atomic E-state index is 0.0529. The van der Waals surface area contributed by atoms with E-state index < -0.39 is 12.2 Å². The first-order valence-electron chi connectivity index (χ1n) is 7.54. The molecule has 2 aromatic rings. The molecule has 0 radical (unpaired) electrons. The van der Waals surface area contributed by atoms with Crippen LogP contribution >= 0.6 is 0 Å². The third kappa shape index (κ3) is 3.03. The molecule has 1 unspecified atom stereocenters. The van der Waals surface area contributed by atoms with Crippen molar-refractivity contribution in [3.63, 3.8) is 0 Å². The van der Waals surface area contributed by atoms with Crippen molar-refractivity contribution in [1.29, 1.82) is 0 Å². The first-order chi connectivity index (χ1) is 10.9. The van der Waals surface area contributed by atoms with Crippen LogP contribution in [-0.2, 0) is 11.2 Å². The highest BCUT2D eigenvalue weighted by Crippen LogP contribution is 2.39. The summed E-state index contributed by atoms with van der Waals surface area (Å²) >= 11 is 0. The molecule has 0 aliphatic carbocycles. The quantitative estimate of drug-likeness (QED) is 0.933. The Balaban J connectivity index is 2.12. The number of halogens is 3. The number of hydrazine groups is 1. The minimum atomic E-state index is -4.47. The molecule has 23 heavy (non-hydrogen) atoms. The summed E-state index contributed by atoms with van der Waals surface area (Å²) in [4.78, 5) is 11.3. The molecule has 0 aromatic heterocycles. The summed E-state index contributed by atoms with van der Waals surface area (Å²) in [7, 11) is 0. The summed E-state index contributed by atoms with van der Waals surface area (Å²) in [5, 5.41) is 2.73. The number of carbonyl (C=O) groups excluding carboxylic acids is 1. The number of nitrogens with zero attached hydrogens (tertiary/aromatic N) is 1. The number of nitrogens with one attached hydrogen (secondary N) is 1. The lowest BCUT2D eigenvalue weighted by molar-refractivity contribution is -0.191. The SMILES string of the molecule is CCc1cc(C(N2CCC(=O)N2)C(F)(F)F)cc2ccccc12. The molecule has 122 valence electrons. The van der Waals surface area contributed by atoms with E-state index in [9.17, 15) is 18.0 Å². The highest BCUT2D eigenvalue weighted by Gasteiger charge is 2.47. The number of rotatable bonds is 3. The standard InChI is InChI=1S/C17H17F3N2O/c1-2-11-9-13(10-12-5-3-4-6-14(11)12)16(17(18,19)20)22-8-7-15(23)21-22/h3-6,9-10,16H,2,7-8H2,1H3,(H,21,23). The zero-order valence-electron chi connectivity index (χ0n) is 12.7. The van der Waals surface area contributed by atoms with E-state index in [0.717, 1.165) is 21.3 Å². The number of amides is 1. The molecule has 1 N–H and O–H groups in total. The van der Waals surface area contributed by atoms with Gasteiger partial charge in [-0.25, -0.2) is 5.01 Å². The molecule has 0 bridgehead atoms. The van der Waals surface area contributed by atoms with Crippen LogP contribution in [0.4, 0.5) is 13.2 Å². The molecule has 1 aliphatic heterocycles. The van der Waals surface area contributed by atoms with E-state index in [4.69, 9.17) is 0 Å². The molecule has 1 atom stereocenters. The van der Waals surface area contributed by atoms with Crippen LogP contribution in [0.5, 0.6) is 0 Å². The Morgan fingerprint density at radius 1 is 1.26 bits per heavy atom. The van der Waals surface area contributed by atoms with Gasteiger partial charge >= 0.3 is 6.18 Å². The van der Waals surface area contributed by atoms with Gasteiger partial charge < -0.3 is 0 Å². The molecular formula is C17H17F3N2O. The van der Waals surface area contributed by atoms with Crippen LogP contribution in [-0.4, -0.2) is 23.6 Å². The third-order valence-corrected chi connectivity index (χ3v) is 4.14. The van der Waals surface area contributed by atoms with Crippen molar-refractivity contribution in [3.8, 4) is 0 Å². The van der Waals surface area contributed by atoms with E-state index in [1.807, 2.05) is 31.2 Å². The maximum absolute atomic E-state index is 13.6. The van der Waals surface area contributed by atoms with E-state index in [1.165, 1.54) is 0 Å². The molecule has 1 heterocycles. The molecular weight excluding hydrogens is 305 g/mol. The number of hydrogen-bond donors (Lipinski definition) is 1. The lowest BCUT2D eigenvalue weighted by Gasteiger charge is -2.30. The van der Waals surface area contributed by atoms with Crippen LogP contribution < -0.4 is 5.43 Å². The van der Waals surface area contributed by atoms with Gasteiger partial charge in [-0.2, -0.15) is 13.2 Å². The minimum Gasteiger partial charge on any atom is -0.288 e. The number of benzene rings is 2. The molecule has 3 nitrogen and oxygen atoms in total. The zero-order valence-corrected chi connectivity index (χ0v) is 12.7. The van der Waals surface area contributed by atoms with Crippen molar-refractivity contribution in [1.82, 2.24) is 10.4 Å². The number of carbonyl (C=O) groups is 1. The lowest BCUT2D eigenvalue weighted by atomic mass is 9.95. The highest BCUT2D eigenvalue weighted by atomic mass is 19.4. The van der Waals surface area contributed by atoms with Crippen molar-refractivity contribution in [2.45, 2.75) is 32.0 Å². The Labute approximate surface area is 132 Å². The molecule has 0 spiro atoms. The Hall–Kier alpha value is -2.08. The van der Waals surface area contributed by atoms with Gasteiger partial charge in [0.05, 0.1) is 0 Å². The van der Waals surface area contributed by atoms with Gasteiger partial charge in [0.25, 0.3) is 0 Å². The number of aryl methyl sites for hydroxylation is 1. The molecule has 0 saturated carbocycles. The summed E-state index contributed by atoms with van der Waals surface area (Å²) in [5.41, 5.74) is 3.35. The first kappa shape index (κ1) is 15.8. The Kier molecular flexibility index (Phi) is 4.02. The topological polar surface area (TPSA) is 32.3 Å². The smallest absolute Gasteiger partial charge is 0.288 e. The average molecular weight is 322 g/mol. The molecule has 2 aromatic carbocycles. The lowest BCUT2D eigenvalue weighted by Crippen LogP contribution is -2.43. The van der Waals surface area contributed by atoms with Crippen molar-refractivity contribution in [2.24, 2.45) is 0 Å². The van der Waals surface area contributed by atoms with Gasteiger partial charge in [0.15, 0.2) is 0 Å². The van der Waals surface area contributed by atoms with Gasteiger partial charge in [0.2, 0.25) is 5.91 Å². The highest BCUT2D eigenvalue weighted by molar-refractivity contribution is 5.86. The number of fused-ring (bicyclic) bond motifs is 1. The van der Waals surface area contributed by atoms with Gasteiger partial charge in [0.1, 0.15) is 6.04 Å². The zero-order chi connectivity index (χ0) is 16.6. The fourth-order valence-corrected chi connectivity index (χ4v) is 3.10. The molecule has 1 fully saturated rings.